The van der Waals surface area contributed by atoms with Gasteiger partial charge in [0.1, 0.15) is 0 Å². The zero-order chi connectivity index (χ0) is 21.3. The molecule has 8 heteroatoms. The van der Waals surface area contributed by atoms with Crippen molar-refractivity contribution in [3.8, 4) is 11.1 Å². The number of hydrogen-bond donors (Lipinski definition) is 2. The smallest absolute Gasteiger partial charge is 0.269 e. The van der Waals surface area contributed by atoms with E-state index in [-0.39, 0.29) is 18.9 Å². The minimum atomic E-state index is -0.420. The van der Waals surface area contributed by atoms with Gasteiger partial charge in [0, 0.05) is 30.9 Å². The zero-order valence-corrected chi connectivity index (χ0v) is 16.3. The molecule has 0 spiro atoms. The number of nitro groups is 1. The maximum Gasteiger partial charge on any atom is 0.269 e. The van der Waals surface area contributed by atoms with Crippen LogP contribution in [0.3, 0.4) is 0 Å². The molecule has 0 amide bonds. The van der Waals surface area contributed by atoms with E-state index in [9.17, 15) is 10.1 Å². The van der Waals surface area contributed by atoms with E-state index in [0.717, 1.165) is 16.8 Å². The molecule has 0 radical (unpaired) electrons. The lowest BCUT2D eigenvalue weighted by atomic mass is 10.1. The van der Waals surface area contributed by atoms with Crippen LogP contribution in [0.5, 0.6) is 0 Å². The highest BCUT2D eigenvalue weighted by molar-refractivity contribution is 5.66. The second-order valence-electron chi connectivity index (χ2n) is 6.50. The van der Waals surface area contributed by atoms with E-state index in [2.05, 4.69) is 10.2 Å². The number of benzene rings is 3. The minimum absolute atomic E-state index is 0.0112. The fraction of sp³-hybridized carbons (Fsp3) is 0.182. The van der Waals surface area contributed by atoms with Crippen molar-refractivity contribution in [2.24, 2.45) is 10.2 Å². The molecule has 30 heavy (non-hydrogen) atoms. The van der Waals surface area contributed by atoms with Gasteiger partial charge in [-0.3, -0.25) is 10.1 Å². The molecule has 0 aromatic heterocycles. The summed E-state index contributed by atoms with van der Waals surface area (Å²) in [5, 5.41) is 37.5. The average molecular weight is 406 g/mol. The number of anilines is 1. The van der Waals surface area contributed by atoms with Gasteiger partial charge in [-0.1, -0.05) is 12.1 Å². The van der Waals surface area contributed by atoms with Gasteiger partial charge in [0.2, 0.25) is 0 Å². The monoisotopic (exact) mass is 406 g/mol. The van der Waals surface area contributed by atoms with Crippen molar-refractivity contribution in [2.75, 3.05) is 31.2 Å². The van der Waals surface area contributed by atoms with E-state index in [4.69, 9.17) is 10.2 Å². The molecule has 0 fully saturated rings. The summed E-state index contributed by atoms with van der Waals surface area (Å²) in [7, 11) is 0. The molecule has 3 aromatic carbocycles. The first-order chi connectivity index (χ1) is 14.6. The quantitative estimate of drug-likeness (QED) is 0.309. The van der Waals surface area contributed by atoms with Crippen molar-refractivity contribution < 1.29 is 15.1 Å². The molecule has 0 heterocycles. The molecular weight excluding hydrogens is 384 g/mol. The van der Waals surface area contributed by atoms with Crippen LogP contribution in [0.25, 0.3) is 11.1 Å². The summed E-state index contributed by atoms with van der Waals surface area (Å²) in [4.78, 5) is 12.2. The van der Waals surface area contributed by atoms with Gasteiger partial charge in [-0.05, 0) is 59.7 Å². The summed E-state index contributed by atoms with van der Waals surface area (Å²) < 4.78 is 0. The Bertz CT molecular complexity index is 981. The molecule has 3 aromatic rings. The molecule has 0 aliphatic heterocycles. The summed E-state index contributed by atoms with van der Waals surface area (Å²) in [6, 6.07) is 21.2. The highest BCUT2D eigenvalue weighted by Crippen LogP contribution is 2.26. The average Bonchev–Trinajstić information content (AvgIpc) is 2.78. The summed E-state index contributed by atoms with van der Waals surface area (Å²) >= 11 is 0. The third-order valence-electron chi connectivity index (χ3n) is 4.51. The third-order valence-corrected chi connectivity index (χ3v) is 4.51. The predicted molar refractivity (Wildman–Crippen MR) is 116 cm³/mol. The van der Waals surface area contributed by atoms with Gasteiger partial charge in [-0.25, -0.2) is 0 Å². The third kappa shape index (κ3) is 5.47. The molecule has 3 rings (SSSR count). The maximum absolute atomic E-state index is 10.8. The number of azo groups is 1. The molecule has 2 N–H and O–H groups in total. The van der Waals surface area contributed by atoms with E-state index in [1.165, 1.54) is 12.1 Å². The van der Waals surface area contributed by atoms with E-state index in [1.54, 1.807) is 12.1 Å². The molecule has 154 valence electrons. The molecule has 8 nitrogen and oxygen atoms in total. The van der Waals surface area contributed by atoms with E-state index < -0.39 is 4.92 Å². The fourth-order valence-corrected chi connectivity index (χ4v) is 2.95. The molecule has 0 atom stereocenters. The Balaban J connectivity index is 1.66. The standard InChI is InChI=1S/C22H22N4O4/c27-15-13-25(14-16-28)21-11-7-20(8-12-21)24-23-19-5-1-17(2-6-19)18-3-9-22(10-4-18)26(29)30/h1-12,27-28H,13-16H2. The van der Waals surface area contributed by atoms with Gasteiger partial charge in [-0.2, -0.15) is 10.2 Å². The number of aliphatic hydroxyl groups is 2. The molecule has 0 bridgehead atoms. The van der Waals surface area contributed by atoms with Crippen molar-refractivity contribution in [3.63, 3.8) is 0 Å². The Morgan fingerprint density at radius 2 is 1.17 bits per heavy atom. The molecule has 0 saturated heterocycles. The highest BCUT2D eigenvalue weighted by Gasteiger charge is 2.06. The largest absolute Gasteiger partial charge is 0.395 e. The second-order valence-corrected chi connectivity index (χ2v) is 6.50. The molecule has 0 unspecified atom stereocenters. The highest BCUT2D eigenvalue weighted by atomic mass is 16.6. The van der Waals surface area contributed by atoms with Crippen molar-refractivity contribution in [1.29, 1.82) is 0 Å². The lowest BCUT2D eigenvalue weighted by Crippen LogP contribution is -2.29. The van der Waals surface area contributed by atoms with Crippen LogP contribution in [-0.4, -0.2) is 41.4 Å². The molecule has 0 saturated carbocycles. The van der Waals surface area contributed by atoms with E-state index in [1.807, 2.05) is 53.4 Å². The first-order valence-electron chi connectivity index (χ1n) is 9.44. The lowest BCUT2D eigenvalue weighted by Gasteiger charge is -2.22. The van der Waals surface area contributed by atoms with Crippen LogP contribution >= 0.6 is 0 Å². The second kappa shape index (κ2) is 10.2. The minimum Gasteiger partial charge on any atom is -0.395 e. The summed E-state index contributed by atoms with van der Waals surface area (Å²) in [5.74, 6) is 0. The molecule has 0 aliphatic rings. The SMILES string of the molecule is O=[N+]([O-])c1ccc(-c2ccc(N=Nc3ccc(N(CCO)CCO)cc3)cc2)cc1. The van der Waals surface area contributed by atoms with Gasteiger partial charge in [0.15, 0.2) is 0 Å². The Labute approximate surface area is 173 Å². The number of aliphatic hydroxyl groups excluding tert-OH is 2. The van der Waals surface area contributed by atoms with Crippen LogP contribution in [0.2, 0.25) is 0 Å². The maximum atomic E-state index is 10.8. The van der Waals surface area contributed by atoms with Gasteiger partial charge >= 0.3 is 0 Å². The summed E-state index contributed by atoms with van der Waals surface area (Å²) in [5.41, 5.74) is 4.14. The number of hydrogen-bond acceptors (Lipinski definition) is 7. The van der Waals surface area contributed by atoms with Gasteiger partial charge in [-0.15, -0.1) is 0 Å². The van der Waals surface area contributed by atoms with Crippen LogP contribution < -0.4 is 4.90 Å². The van der Waals surface area contributed by atoms with Crippen LogP contribution in [0.15, 0.2) is 83.0 Å². The fourth-order valence-electron chi connectivity index (χ4n) is 2.95. The zero-order valence-electron chi connectivity index (χ0n) is 16.3. The topological polar surface area (TPSA) is 112 Å². The Morgan fingerprint density at radius 1 is 0.733 bits per heavy atom. The number of nitro benzene ring substituents is 1. The number of rotatable bonds is 9. The van der Waals surface area contributed by atoms with E-state index >= 15 is 0 Å². The van der Waals surface area contributed by atoms with Crippen molar-refractivity contribution in [3.05, 3.63) is 82.9 Å². The van der Waals surface area contributed by atoms with Crippen LogP contribution in [0.1, 0.15) is 0 Å². The normalized spacial score (nSPS) is 11.0. The Hall–Kier alpha value is -3.62. The van der Waals surface area contributed by atoms with Crippen LogP contribution in [0.4, 0.5) is 22.7 Å². The first kappa shape index (κ1) is 21.1. The van der Waals surface area contributed by atoms with Crippen molar-refractivity contribution in [2.45, 2.75) is 0 Å². The Kier molecular flexibility index (Phi) is 7.20. The summed E-state index contributed by atoms with van der Waals surface area (Å²) in [6.07, 6.45) is 0. The Morgan fingerprint density at radius 3 is 1.60 bits per heavy atom. The number of nitrogens with zero attached hydrogens (tertiary/aromatic N) is 4. The molecular formula is C22H22N4O4. The van der Waals surface area contributed by atoms with Crippen LogP contribution in [0, 0.1) is 10.1 Å². The summed E-state index contributed by atoms with van der Waals surface area (Å²) in [6.45, 7) is 0.916. The predicted octanol–water partition coefficient (Wildman–Crippen LogP) is 4.47. The lowest BCUT2D eigenvalue weighted by molar-refractivity contribution is -0.384. The van der Waals surface area contributed by atoms with Gasteiger partial charge in [0.25, 0.3) is 5.69 Å². The first-order valence-corrected chi connectivity index (χ1v) is 9.44. The van der Waals surface area contributed by atoms with Crippen molar-refractivity contribution in [1.82, 2.24) is 0 Å². The van der Waals surface area contributed by atoms with Crippen molar-refractivity contribution >= 4 is 22.7 Å². The van der Waals surface area contributed by atoms with Gasteiger partial charge < -0.3 is 15.1 Å². The molecule has 0 aliphatic carbocycles. The van der Waals surface area contributed by atoms with Crippen LogP contribution in [-0.2, 0) is 0 Å². The number of non-ortho nitro benzene ring substituents is 1. The van der Waals surface area contributed by atoms with E-state index in [0.29, 0.717) is 24.5 Å². The van der Waals surface area contributed by atoms with Gasteiger partial charge in [0.05, 0.1) is 29.5 Å².